The molecule has 1 aliphatic heterocycles. The van der Waals surface area contributed by atoms with Crippen molar-refractivity contribution in [2.24, 2.45) is 0 Å². The van der Waals surface area contributed by atoms with Gasteiger partial charge in [0.25, 0.3) is 11.7 Å². The van der Waals surface area contributed by atoms with Crippen molar-refractivity contribution in [3.63, 3.8) is 0 Å². The molecule has 1 atom stereocenters. The Kier molecular flexibility index (Phi) is 9.25. The van der Waals surface area contributed by atoms with Crippen molar-refractivity contribution in [1.29, 1.82) is 0 Å². The maximum atomic E-state index is 12.9. The number of ether oxygens (including phenoxy) is 1. The maximum absolute atomic E-state index is 12.9. The molecule has 5 heterocycles. The number of hydrogen-bond donors (Lipinski definition) is 1. The van der Waals surface area contributed by atoms with Crippen molar-refractivity contribution in [1.82, 2.24) is 50.0 Å². The van der Waals surface area contributed by atoms with E-state index in [1.807, 2.05) is 91.9 Å². The molecule has 5 aromatic rings. The van der Waals surface area contributed by atoms with Gasteiger partial charge in [0.05, 0.1) is 40.4 Å². The summed E-state index contributed by atoms with van der Waals surface area (Å²) in [6.07, 6.45) is 4.95. The van der Waals surface area contributed by atoms with Gasteiger partial charge in [-0.2, -0.15) is 9.90 Å². The zero-order valence-electron chi connectivity index (χ0n) is 29.6. The molecule has 14 nitrogen and oxygen atoms in total. The van der Waals surface area contributed by atoms with Crippen LogP contribution >= 0.6 is 11.6 Å². The predicted molar refractivity (Wildman–Crippen MR) is 190 cm³/mol. The summed E-state index contributed by atoms with van der Waals surface area (Å²) in [4.78, 5) is 40.5. The van der Waals surface area contributed by atoms with Gasteiger partial charge < -0.3 is 19.9 Å². The molecule has 50 heavy (non-hydrogen) atoms. The monoisotopic (exact) mass is 699 g/mol. The Hall–Kier alpha value is -5.11. The van der Waals surface area contributed by atoms with Crippen molar-refractivity contribution in [2.75, 3.05) is 31.1 Å². The maximum Gasteiger partial charge on any atom is 0.410 e. The molecule has 262 valence electrons. The number of nitrogens with zero attached hydrogens (tertiary/aromatic N) is 10. The van der Waals surface area contributed by atoms with Crippen LogP contribution in [0.2, 0.25) is 5.02 Å². The highest BCUT2D eigenvalue weighted by molar-refractivity contribution is 6.34. The van der Waals surface area contributed by atoms with E-state index in [1.54, 1.807) is 21.8 Å². The number of halogens is 1. The largest absolute Gasteiger partial charge is 0.444 e. The summed E-state index contributed by atoms with van der Waals surface area (Å²) in [5.41, 5.74) is 4.67. The summed E-state index contributed by atoms with van der Waals surface area (Å²) in [5, 5.41) is 20.1. The number of aryl methyl sites for hydroxylation is 1. The van der Waals surface area contributed by atoms with Crippen LogP contribution in [-0.2, 0) is 10.3 Å². The molecule has 0 bridgehead atoms. The smallest absolute Gasteiger partial charge is 0.410 e. The number of anilines is 1. The summed E-state index contributed by atoms with van der Waals surface area (Å²) >= 11 is 6.62. The first-order chi connectivity index (χ1) is 23.6. The number of carbonyl (C=O) groups excluding carboxylic acids is 2. The van der Waals surface area contributed by atoms with E-state index >= 15 is 0 Å². The fourth-order valence-electron chi connectivity index (χ4n) is 5.73. The van der Waals surface area contributed by atoms with Crippen molar-refractivity contribution in [3.8, 4) is 22.5 Å². The molecule has 1 aliphatic rings. The summed E-state index contributed by atoms with van der Waals surface area (Å²) in [6, 6.07) is 9.60. The highest BCUT2D eigenvalue weighted by atomic mass is 35.5. The number of fused-ring (bicyclic) bond motifs is 1. The van der Waals surface area contributed by atoms with Crippen LogP contribution in [-0.4, -0.2) is 88.5 Å². The van der Waals surface area contributed by atoms with Crippen LogP contribution in [0.3, 0.4) is 0 Å². The van der Waals surface area contributed by atoms with Gasteiger partial charge in [-0.25, -0.2) is 19.3 Å². The Labute approximate surface area is 295 Å². The van der Waals surface area contributed by atoms with E-state index in [-0.39, 0.29) is 23.5 Å². The molecule has 6 rings (SSSR count). The van der Waals surface area contributed by atoms with Gasteiger partial charge in [0.15, 0.2) is 0 Å². The number of hydrogen-bond acceptors (Lipinski definition) is 10. The molecule has 15 heteroatoms. The highest BCUT2D eigenvalue weighted by Crippen LogP contribution is 2.33. The second-order valence-corrected chi connectivity index (χ2v) is 14.9. The molecule has 0 radical (unpaired) electrons. The minimum Gasteiger partial charge on any atom is -0.444 e. The number of nitrogens with one attached hydrogen (secondary N) is 1. The van der Waals surface area contributed by atoms with Gasteiger partial charge in [0, 0.05) is 43.5 Å². The van der Waals surface area contributed by atoms with Crippen LogP contribution in [0, 0.1) is 6.92 Å². The molecule has 1 fully saturated rings. The number of rotatable bonds is 6. The number of benzene rings is 1. The van der Waals surface area contributed by atoms with Crippen LogP contribution in [0.1, 0.15) is 76.3 Å². The molecule has 0 spiro atoms. The number of aromatic nitrogens is 8. The molecule has 1 N–H and O–H groups in total. The molecule has 1 saturated heterocycles. The molecule has 0 aliphatic carbocycles. The number of amides is 2. The van der Waals surface area contributed by atoms with Gasteiger partial charge in [-0.15, -0.1) is 10.2 Å². The average molecular weight is 700 g/mol. The van der Waals surface area contributed by atoms with E-state index in [0.29, 0.717) is 48.1 Å². The third-order valence-electron chi connectivity index (χ3n) is 8.32. The zero-order valence-corrected chi connectivity index (χ0v) is 30.4. The number of carbonyl (C=O) groups is 2. The Balaban J connectivity index is 1.20. The zero-order chi connectivity index (χ0) is 36.0. The predicted octanol–water partition coefficient (Wildman–Crippen LogP) is 5.71. The number of tetrazole rings is 1. The van der Waals surface area contributed by atoms with Gasteiger partial charge >= 0.3 is 6.09 Å². The quantitative estimate of drug-likeness (QED) is 0.234. The molecule has 0 saturated carbocycles. The van der Waals surface area contributed by atoms with Gasteiger partial charge in [-0.05, 0) is 89.9 Å². The Morgan fingerprint density at radius 2 is 1.70 bits per heavy atom. The molecule has 2 amide bonds. The van der Waals surface area contributed by atoms with E-state index in [1.165, 1.54) is 4.80 Å². The van der Waals surface area contributed by atoms with Gasteiger partial charge in [-0.1, -0.05) is 23.7 Å². The first kappa shape index (κ1) is 34.7. The van der Waals surface area contributed by atoms with Crippen molar-refractivity contribution < 1.29 is 14.3 Å². The minimum absolute atomic E-state index is 0.0168. The highest BCUT2D eigenvalue weighted by Gasteiger charge is 2.27. The third-order valence-corrected chi connectivity index (χ3v) is 8.60. The molecule has 1 aromatic carbocycles. The SMILES string of the molecule is Cc1cc(-c2nc(-c3ccc(N4CCN(C(=O)OC(C)(C)C)CC4)nc3)cn3ncc(Cl)c23)ccc1[C@@H](C)NC(=O)c1nnn(C(C)(C)C)n1. The standard InChI is InChI=1S/C35H42ClN11O3/c1-21-17-23(9-11-25(21)22(2)39-32(48)31-41-43-47(42-31)34(3,4)5)29-30-26(36)19-38-46(30)20-27(40-29)24-10-12-28(37-18-24)44-13-15-45(16-14-44)33(49)50-35(6,7)8/h9-12,17-20,22H,13-16H2,1-8H3,(H,39,48)/t22-/m1/s1. The van der Waals surface area contributed by atoms with Crippen molar-refractivity contribution >= 4 is 34.9 Å². The Morgan fingerprint density at radius 1 is 0.980 bits per heavy atom. The van der Waals surface area contributed by atoms with E-state index in [9.17, 15) is 9.59 Å². The van der Waals surface area contributed by atoms with E-state index in [2.05, 4.69) is 30.7 Å². The molecular formula is C35H42ClN11O3. The van der Waals surface area contributed by atoms with Crippen molar-refractivity contribution in [3.05, 3.63) is 70.9 Å². The van der Waals surface area contributed by atoms with Crippen molar-refractivity contribution in [2.45, 2.75) is 72.6 Å². The topological polar surface area (TPSA) is 149 Å². The molecule has 4 aromatic heterocycles. The lowest BCUT2D eigenvalue weighted by Gasteiger charge is -2.36. The summed E-state index contributed by atoms with van der Waals surface area (Å²) in [6.45, 7) is 17.7. The second kappa shape index (κ2) is 13.3. The summed E-state index contributed by atoms with van der Waals surface area (Å²) < 4.78 is 7.26. The first-order valence-electron chi connectivity index (χ1n) is 16.5. The van der Waals surface area contributed by atoms with Crippen LogP contribution in [0.5, 0.6) is 0 Å². The Morgan fingerprint density at radius 3 is 2.32 bits per heavy atom. The molecule has 0 unspecified atom stereocenters. The summed E-state index contributed by atoms with van der Waals surface area (Å²) in [5.74, 6) is 0.437. The summed E-state index contributed by atoms with van der Waals surface area (Å²) in [7, 11) is 0. The minimum atomic E-state index is -0.529. The normalized spacial score (nSPS) is 14.6. The lowest BCUT2D eigenvalue weighted by molar-refractivity contribution is 0.0240. The van der Waals surface area contributed by atoms with Crippen LogP contribution in [0.25, 0.3) is 28.0 Å². The first-order valence-corrected chi connectivity index (χ1v) is 16.9. The molecular weight excluding hydrogens is 658 g/mol. The number of piperazine rings is 1. The van der Waals surface area contributed by atoms with Gasteiger partial charge in [-0.3, -0.25) is 4.79 Å². The Bertz CT molecular complexity index is 2040. The van der Waals surface area contributed by atoms with Crippen LogP contribution < -0.4 is 10.2 Å². The lowest BCUT2D eigenvalue weighted by Crippen LogP contribution is -2.50. The lowest BCUT2D eigenvalue weighted by atomic mass is 9.98. The van der Waals surface area contributed by atoms with E-state index < -0.39 is 11.5 Å². The fraction of sp³-hybridized carbons (Fsp3) is 0.429. The number of pyridine rings is 1. The van der Waals surface area contributed by atoms with Crippen LogP contribution in [0.4, 0.5) is 10.6 Å². The second-order valence-electron chi connectivity index (χ2n) is 14.5. The fourth-order valence-corrected chi connectivity index (χ4v) is 5.95. The third kappa shape index (κ3) is 7.39. The van der Waals surface area contributed by atoms with E-state index in [0.717, 1.165) is 28.1 Å². The van der Waals surface area contributed by atoms with Crippen LogP contribution in [0.15, 0.2) is 48.9 Å². The van der Waals surface area contributed by atoms with E-state index in [4.69, 9.17) is 26.3 Å². The van der Waals surface area contributed by atoms with Gasteiger partial charge in [0.2, 0.25) is 0 Å². The average Bonchev–Trinajstić information content (AvgIpc) is 3.72. The van der Waals surface area contributed by atoms with Gasteiger partial charge in [0.1, 0.15) is 16.9 Å².